The van der Waals surface area contributed by atoms with Crippen LogP contribution in [0.1, 0.15) is 37.7 Å². The van der Waals surface area contributed by atoms with E-state index in [9.17, 15) is 29.1 Å². The molecule has 0 radical (unpaired) electrons. The summed E-state index contributed by atoms with van der Waals surface area (Å²) in [7, 11) is 0. The fraction of sp³-hybridized carbons (Fsp3) is 0.450. The lowest BCUT2D eigenvalue weighted by atomic mass is 10.1. The monoisotopic (exact) mass is 578 g/mol. The molecule has 1 aromatic carbocycles. The quantitative estimate of drug-likeness (QED) is 0.127. The highest BCUT2D eigenvalue weighted by molar-refractivity contribution is 14.1. The number of nitrogens with one attached hydrogen (secondary N) is 4. The summed E-state index contributed by atoms with van der Waals surface area (Å²) in [6, 6.07) is 3.67. The minimum Gasteiger partial charge on any atom is -0.481 e. The Morgan fingerprint density at radius 2 is 1.45 bits per heavy atom. The van der Waals surface area contributed by atoms with E-state index in [1.807, 2.05) is 24.3 Å². The second-order valence-electron chi connectivity index (χ2n) is 7.07. The second kappa shape index (κ2) is 14.9. The molecule has 13 heteroatoms. The lowest BCUT2D eigenvalue weighted by molar-refractivity contribution is -0.141. The van der Waals surface area contributed by atoms with Crippen LogP contribution in [0.5, 0.6) is 0 Å². The number of amides is 4. The number of carboxylic acid groups (broad SMARTS) is 3. The van der Waals surface area contributed by atoms with Gasteiger partial charge in [0.25, 0.3) is 0 Å². The van der Waals surface area contributed by atoms with Crippen molar-refractivity contribution in [1.29, 1.82) is 0 Å². The van der Waals surface area contributed by atoms with Gasteiger partial charge in [-0.3, -0.25) is 4.79 Å². The Labute approximate surface area is 203 Å². The first-order valence-electron chi connectivity index (χ1n) is 10.1. The Morgan fingerprint density at radius 1 is 0.848 bits per heavy atom. The number of aliphatic carboxylic acids is 3. The van der Waals surface area contributed by atoms with Crippen LogP contribution in [0.3, 0.4) is 0 Å². The average Bonchev–Trinajstić information content (AvgIpc) is 2.73. The predicted octanol–water partition coefficient (Wildman–Crippen LogP) is 1.33. The van der Waals surface area contributed by atoms with Gasteiger partial charge in [0, 0.05) is 23.1 Å². The first-order chi connectivity index (χ1) is 15.6. The standard InChI is InChI=1S/C20H27IN4O8/c21-13-5-3-4-12(10-13)11-23-20(33)24-14(17(28)29)6-1-2-9-22-19(32)25-15(18(30)31)7-8-16(26)27/h3-5,10,14-15H,1-2,6-9,11H2,(H,26,27)(H,28,29)(H,30,31)(H2,22,25,32)(H2,23,24,33). The number of halogens is 1. The summed E-state index contributed by atoms with van der Waals surface area (Å²) in [4.78, 5) is 56.8. The van der Waals surface area contributed by atoms with E-state index in [1.54, 1.807) is 0 Å². The summed E-state index contributed by atoms with van der Waals surface area (Å²) < 4.78 is 1.01. The van der Waals surface area contributed by atoms with Crippen LogP contribution in [0.2, 0.25) is 0 Å². The predicted molar refractivity (Wildman–Crippen MR) is 125 cm³/mol. The second-order valence-corrected chi connectivity index (χ2v) is 8.31. The van der Waals surface area contributed by atoms with Crippen molar-refractivity contribution < 1.29 is 39.3 Å². The van der Waals surface area contributed by atoms with E-state index in [4.69, 9.17) is 10.2 Å². The zero-order valence-electron chi connectivity index (χ0n) is 17.7. The third-order valence-corrected chi connectivity index (χ3v) is 5.07. The molecule has 0 aliphatic rings. The molecule has 4 amide bonds. The summed E-state index contributed by atoms with van der Waals surface area (Å²) >= 11 is 2.15. The Hall–Kier alpha value is -3.10. The molecule has 2 unspecified atom stereocenters. The van der Waals surface area contributed by atoms with Crippen molar-refractivity contribution in [2.75, 3.05) is 6.54 Å². The van der Waals surface area contributed by atoms with Gasteiger partial charge in [-0.1, -0.05) is 12.1 Å². The maximum atomic E-state index is 12.0. The SMILES string of the molecule is O=C(O)CCC(NC(=O)NCCCCC(NC(=O)NCc1cccc(I)c1)C(=O)O)C(=O)O. The molecule has 12 nitrogen and oxygen atoms in total. The van der Waals surface area contributed by atoms with E-state index >= 15 is 0 Å². The van der Waals surface area contributed by atoms with Gasteiger partial charge in [-0.15, -0.1) is 0 Å². The van der Waals surface area contributed by atoms with Crippen molar-refractivity contribution in [2.24, 2.45) is 0 Å². The number of benzene rings is 1. The smallest absolute Gasteiger partial charge is 0.326 e. The fourth-order valence-corrected chi connectivity index (χ4v) is 3.31. The lowest BCUT2D eigenvalue weighted by Crippen LogP contribution is -2.46. The van der Waals surface area contributed by atoms with Gasteiger partial charge < -0.3 is 36.6 Å². The number of unbranched alkanes of at least 4 members (excludes halogenated alkanes) is 1. The Bertz CT molecular complexity index is 851. The summed E-state index contributed by atoms with van der Waals surface area (Å²) in [6.45, 7) is 0.389. The van der Waals surface area contributed by atoms with Crippen LogP contribution in [0, 0.1) is 3.57 Å². The molecule has 0 saturated carbocycles. The molecule has 0 fully saturated rings. The van der Waals surface area contributed by atoms with Crippen LogP contribution < -0.4 is 21.3 Å². The molecule has 7 N–H and O–H groups in total. The van der Waals surface area contributed by atoms with Crippen LogP contribution in [-0.4, -0.2) is 63.9 Å². The molecule has 1 rings (SSSR count). The average molecular weight is 578 g/mol. The third kappa shape index (κ3) is 12.5. The molecular weight excluding hydrogens is 551 g/mol. The van der Waals surface area contributed by atoms with E-state index in [0.717, 1.165) is 9.13 Å². The highest BCUT2D eigenvalue weighted by Crippen LogP contribution is 2.07. The number of carbonyl (C=O) groups excluding carboxylic acids is 2. The van der Waals surface area contributed by atoms with Crippen molar-refractivity contribution in [1.82, 2.24) is 21.3 Å². The van der Waals surface area contributed by atoms with Gasteiger partial charge in [-0.25, -0.2) is 19.2 Å². The van der Waals surface area contributed by atoms with Crippen molar-refractivity contribution in [3.8, 4) is 0 Å². The zero-order chi connectivity index (χ0) is 24.8. The summed E-state index contributed by atoms with van der Waals surface area (Å²) in [6.07, 6.45) is 0.228. The largest absolute Gasteiger partial charge is 0.481 e. The molecule has 0 bridgehead atoms. The number of rotatable bonds is 14. The maximum Gasteiger partial charge on any atom is 0.326 e. The van der Waals surface area contributed by atoms with Crippen LogP contribution in [0.25, 0.3) is 0 Å². The van der Waals surface area contributed by atoms with Crippen LogP contribution in [0.15, 0.2) is 24.3 Å². The van der Waals surface area contributed by atoms with Crippen LogP contribution >= 0.6 is 22.6 Å². The molecule has 0 aliphatic heterocycles. The fourth-order valence-electron chi connectivity index (χ4n) is 2.71. The van der Waals surface area contributed by atoms with Gasteiger partial charge >= 0.3 is 30.0 Å². The van der Waals surface area contributed by atoms with Gasteiger partial charge in [0.1, 0.15) is 12.1 Å². The van der Waals surface area contributed by atoms with E-state index in [2.05, 4.69) is 43.9 Å². The first-order valence-corrected chi connectivity index (χ1v) is 11.2. The van der Waals surface area contributed by atoms with E-state index in [0.29, 0.717) is 12.8 Å². The van der Waals surface area contributed by atoms with Gasteiger partial charge in [-0.2, -0.15) is 0 Å². The third-order valence-electron chi connectivity index (χ3n) is 4.40. The van der Waals surface area contributed by atoms with Crippen molar-refractivity contribution in [3.05, 3.63) is 33.4 Å². The zero-order valence-corrected chi connectivity index (χ0v) is 19.8. The molecule has 2 atom stereocenters. The summed E-state index contributed by atoms with van der Waals surface area (Å²) in [5, 5.41) is 36.6. The highest BCUT2D eigenvalue weighted by atomic mass is 127. The van der Waals surface area contributed by atoms with Gasteiger partial charge in [-0.05, 0) is 66.0 Å². The molecule has 0 spiro atoms. The molecule has 0 aliphatic carbocycles. The molecule has 182 valence electrons. The van der Waals surface area contributed by atoms with Crippen LogP contribution in [-0.2, 0) is 20.9 Å². The number of hydrogen-bond acceptors (Lipinski definition) is 5. The Morgan fingerprint density at radius 3 is 2.03 bits per heavy atom. The minimum atomic E-state index is -1.35. The number of hydrogen-bond donors (Lipinski definition) is 7. The number of carboxylic acids is 3. The van der Waals surface area contributed by atoms with Crippen molar-refractivity contribution in [3.63, 3.8) is 0 Å². The van der Waals surface area contributed by atoms with E-state index in [-0.39, 0.29) is 25.9 Å². The highest BCUT2D eigenvalue weighted by Gasteiger charge is 2.21. The molecular formula is C20H27IN4O8. The van der Waals surface area contributed by atoms with E-state index in [1.165, 1.54) is 0 Å². The normalized spacial score (nSPS) is 12.2. The maximum absolute atomic E-state index is 12.0. The summed E-state index contributed by atoms with van der Waals surface area (Å²) in [5.74, 6) is -3.71. The van der Waals surface area contributed by atoms with Gasteiger partial charge in [0.2, 0.25) is 0 Å². The molecule has 0 saturated heterocycles. The minimum absolute atomic E-state index is 0.131. The van der Waals surface area contributed by atoms with Crippen molar-refractivity contribution >= 4 is 52.6 Å². The topological polar surface area (TPSA) is 194 Å². The lowest BCUT2D eigenvalue weighted by Gasteiger charge is -2.16. The molecule has 0 heterocycles. The Balaban J connectivity index is 2.32. The molecule has 33 heavy (non-hydrogen) atoms. The molecule has 0 aromatic heterocycles. The number of carbonyl (C=O) groups is 5. The van der Waals surface area contributed by atoms with Gasteiger partial charge in [0.05, 0.1) is 0 Å². The number of urea groups is 2. The van der Waals surface area contributed by atoms with Crippen molar-refractivity contribution in [2.45, 2.75) is 50.7 Å². The van der Waals surface area contributed by atoms with E-state index < -0.39 is 48.5 Å². The first kappa shape index (κ1) is 27.9. The molecule has 1 aromatic rings. The van der Waals surface area contributed by atoms with Crippen LogP contribution in [0.4, 0.5) is 9.59 Å². The summed E-state index contributed by atoms with van der Waals surface area (Å²) in [5.41, 5.74) is 0.876. The Kier molecular flexibility index (Phi) is 12.6. The van der Waals surface area contributed by atoms with Gasteiger partial charge in [0.15, 0.2) is 0 Å².